The van der Waals surface area contributed by atoms with Crippen LogP contribution in [0.25, 0.3) is 0 Å². The van der Waals surface area contributed by atoms with Gasteiger partial charge in [0, 0.05) is 12.7 Å². The Labute approximate surface area is 95.8 Å². The molecule has 0 saturated heterocycles. The summed E-state index contributed by atoms with van der Waals surface area (Å²) < 4.78 is 37.7. The van der Waals surface area contributed by atoms with Crippen LogP contribution in [0.3, 0.4) is 0 Å². The van der Waals surface area contributed by atoms with Gasteiger partial charge in [-0.3, -0.25) is 9.48 Å². The Hall–Kier alpha value is -1.53. The lowest BCUT2D eigenvalue weighted by Gasteiger charge is -2.04. The molecule has 1 fully saturated rings. The van der Waals surface area contributed by atoms with Crippen LogP contribution in [0, 0.1) is 5.92 Å². The number of alkyl halides is 3. The third-order valence-corrected chi connectivity index (χ3v) is 2.52. The molecule has 0 aromatic carbocycles. The number of nitrogens with zero attached hydrogens (tertiary/aromatic N) is 2. The molecule has 0 unspecified atom stereocenters. The summed E-state index contributed by atoms with van der Waals surface area (Å²) in [4.78, 5) is 11.4. The molecule has 1 heterocycles. The number of nitrogens with one attached hydrogen (secondary N) is 1. The summed E-state index contributed by atoms with van der Waals surface area (Å²) in [6.45, 7) is 0.426. The van der Waals surface area contributed by atoms with Crippen LogP contribution in [0.2, 0.25) is 0 Å². The predicted octanol–water partition coefficient (Wildman–Crippen LogP) is 1.43. The second-order valence-electron chi connectivity index (χ2n) is 4.14. The van der Waals surface area contributed by atoms with E-state index >= 15 is 0 Å². The van der Waals surface area contributed by atoms with Crippen molar-refractivity contribution in [1.29, 1.82) is 0 Å². The first-order valence-corrected chi connectivity index (χ1v) is 5.32. The maximum absolute atomic E-state index is 12.2. The van der Waals surface area contributed by atoms with Crippen LogP contribution in [0.4, 0.5) is 13.2 Å². The molecule has 2 rings (SSSR count). The maximum atomic E-state index is 12.2. The van der Waals surface area contributed by atoms with Crippen molar-refractivity contribution in [2.75, 3.05) is 6.54 Å². The quantitative estimate of drug-likeness (QED) is 0.874. The average molecular weight is 247 g/mol. The van der Waals surface area contributed by atoms with Gasteiger partial charge in [0.05, 0.1) is 0 Å². The first-order chi connectivity index (χ1) is 7.95. The molecule has 0 bridgehead atoms. The number of hydrogen-bond donors (Lipinski definition) is 1. The van der Waals surface area contributed by atoms with Gasteiger partial charge in [0.2, 0.25) is 5.91 Å². The maximum Gasteiger partial charge on any atom is 0.435 e. The average Bonchev–Trinajstić information content (AvgIpc) is 2.93. The Morgan fingerprint density at radius 2 is 2.24 bits per heavy atom. The number of rotatable bonds is 4. The molecule has 0 aliphatic heterocycles. The van der Waals surface area contributed by atoms with Crippen molar-refractivity contribution in [3.63, 3.8) is 0 Å². The Morgan fingerprint density at radius 1 is 1.53 bits per heavy atom. The zero-order valence-electron chi connectivity index (χ0n) is 9.00. The van der Waals surface area contributed by atoms with Gasteiger partial charge in [-0.25, -0.2) is 0 Å². The van der Waals surface area contributed by atoms with Crippen LogP contribution < -0.4 is 5.32 Å². The molecule has 1 aliphatic rings. The van der Waals surface area contributed by atoms with Crippen LogP contribution in [0.15, 0.2) is 12.3 Å². The van der Waals surface area contributed by atoms with E-state index in [4.69, 9.17) is 0 Å². The van der Waals surface area contributed by atoms with Gasteiger partial charge in [0.25, 0.3) is 0 Å². The van der Waals surface area contributed by atoms with Gasteiger partial charge in [0.15, 0.2) is 5.69 Å². The molecule has 1 saturated carbocycles. The molecule has 0 radical (unpaired) electrons. The van der Waals surface area contributed by atoms with E-state index in [2.05, 4.69) is 10.4 Å². The highest BCUT2D eigenvalue weighted by molar-refractivity contribution is 5.75. The van der Waals surface area contributed by atoms with Crippen molar-refractivity contribution >= 4 is 5.91 Å². The molecule has 0 spiro atoms. The van der Waals surface area contributed by atoms with E-state index in [0.717, 1.165) is 29.8 Å². The first kappa shape index (κ1) is 11.9. The Bertz CT molecular complexity index is 409. The van der Waals surface area contributed by atoms with Crippen LogP contribution >= 0.6 is 0 Å². The molecule has 1 amide bonds. The SMILES string of the molecule is O=C(Cn1ccc(C(F)(F)F)n1)NCC1CC1. The minimum absolute atomic E-state index is 0.178. The lowest BCUT2D eigenvalue weighted by molar-refractivity contribution is -0.141. The molecule has 17 heavy (non-hydrogen) atoms. The molecule has 1 aromatic heterocycles. The van der Waals surface area contributed by atoms with E-state index in [-0.39, 0.29) is 12.5 Å². The van der Waals surface area contributed by atoms with Crippen LogP contribution in [0.5, 0.6) is 0 Å². The predicted molar refractivity (Wildman–Crippen MR) is 53.0 cm³/mol. The number of carbonyl (C=O) groups is 1. The fraction of sp³-hybridized carbons (Fsp3) is 0.600. The molecule has 1 N–H and O–H groups in total. The highest BCUT2D eigenvalue weighted by Gasteiger charge is 2.33. The molecule has 0 atom stereocenters. The molecule has 7 heteroatoms. The van der Waals surface area contributed by atoms with E-state index in [1.54, 1.807) is 0 Å². The Kier molecular flexibility index (Phi) is 3.08. The molecule has 4 nitrogen and oxygen atoms in total. The van der Waals surface area contributed by atoms with Crippen molar-refractivity contribution in [2.24, 2.45) is 5.92 Å². The number of carbonyl (C=O) groups excluding carboxylic acids is 1. The second kappa shape index (κ2) is 4.38. The normalized spacial score (nSPS) is 15.9. The Balaban J connectivity index is 1.85. The fourth-order valence-corrected chi connectivity index (χ4v) is 1.38. The molecular formula is C10H12F3N3O. The summed E-state index contributed by atoms with van der Waals surface area (Å²) in [6, 6.07) is 0.855. The van der Waals surface area contributed by atoms with Gasteiger partial charge < -0.3 is 5.32 Å². The van der Waals surface area contributed by atoms with E-state index in [0.29, 0.717) is 12.5 Å². The topological polar surface area (TPSA) is 46.9 Å². The summed E-state index contributed by atoms with van der Waals surface area (Å²) in [5.74, 6) is 0.232. The monoisotopic (exact) mass is 247 g/mol. The van der Waals surface area contributed by atoms with Crippen molar-refractivity contribution in [2.45, 2.75) is 25.6 Å². The van der Waals surface area contributed by atoms with Gasteiger partial charge >= 0.3 is 6.18 Å². The number of amides is 1. The van der Waals surface area contributed by atoms with E-state index in [1.807, 2.05) is 0 Å². The van der Waals surface area contributed by atoms with Crippen LogP contribution in [0.1, 0.15) is 18.5 Å². The Morgan fingerprint density at radius 3 is 2.76 bits per heavy atom. The van der Waals surface area contributed by atoms with Gasteiger partial charge in [0.1, 0.15) is 6.54 Å². The van der Waals surface area contributed by atoms with Crippen LogP contribution in [-0.4, -0.2) is 22.2 Å². The van der Waals surface area contributed by atoms with E-state index in [1.165, 1.54) is 0 Å². The van der Waals surface area contributed by atoms with Crippen molar-refractivity contribution in [3.8, 4) is 0 Å². The number of halogens is 3. The van der Waals surface area contributed by atoms with Gasteiger partial charge in [-0.05, 0) is 24.8 Å². The minimum Gasteiger partial charge on any atom is -0.354 e. The van der Waals surface area contributed by atoms with Gasteiger partial charge in [-0.1, -0.05) is 0 Å². The molecule has 1 aliphatic carbocycles. The lowest BCUT2D eigenvalue weighted by atomic mass is 10.4. The van der Waals surface area contributed by atoms with Crippen LogP contribution in [-0.2, 0) is 17.5 Å². The van der Waals surface area contributed by atoms with Gasteiger partial charge in [-0.2, -0.15) is 18.3 Å². The van der Waals surface area contributed by atoms with Crippen molar-refractivity contribution in [3.05, 3.63) is 18.0 Å². The highest BCUT2D eigenvalue weighted by atomic mass is 19.4. The summed E-state index contributed by atoms with van der Waals surface area (Å²) >= 11 is 0. The standard InChI is InChI=1S/C10H12F3N3O/c11-10(12,13)8-3-4-16(15-8)6-9(17)14-5-7-1-2-7/h3-4,7H,1-2,5-6H2,(H,14,17). The third-order valence-electron chi connectivity index (χ3n) is 2.52. The summed E-state index contributed by atoms with van der Waals surface area (Å²) in [5.41, 5.74) is -0.979. The number of aromatic nitrogens is 2. The summed E-state index contributed by atoms with van der Waals surface area (Å²) in [7, 11) is 0. The largest absolute Gasteiger partial charge is 0.435 e. The van der Waals surface area contributed by atoms with Gasteiger partial charge in [-0.15, -0.1) is 0 Å². The van der Waals surface area contributed by atoms with Crippen molar-refractivity contribution in [1.82, 2.24) is 15.1 Å². The first-order valence-electron chi connectivity index (χ1n) is 5.32. The minimum atomic E-state index is -4.46. The van der Waals surface area contributed by atoms with E-state index < -0.39 is 11.9 Å². The smallest absolute Gasteiger partial charge is 0.354 e. The lowest BCUT2D eigenvalue weighted by Crippen LogP contribution is -2.29. The zero-order chi connectivity index (χ0) is 12.5. The summed E-state index contributed by atoms with van der Waals surface area (Å²) in [5, 5.41) is 5.96. The molecular weight excluding hydrogens is 235 g/mol. The third kappa shape index (κ3) is 3.47. The highest BCUT2D eigenvalue weighted by Crippen LogP contribution is 2.28. The second-order valence-corrected chi connectivity index (χ2v) is 4.14. The van der Waals surface area contributed by atoms with Crippen molar-refractivity contribution < 1.29 is 18.0 Å². The zero-order valence-corrected chi connectivity index (χ0v) is 9.00. The fourth-order valence-electron chi connectivity index (χ4n) is 1.38. The number of hydrogen-bond acceptors (Lipinski definition) is 2. The molecule has 1 aromatic rings. The van der Waals surface area contributed by atoms with E-state index in [9.17, 15) is 18.0 Å². The summed E-state index contributed by atoms with van der Waals surface area (Å²) in [6.07, 6.45) is -1.09. The molecule has 94 valence electrons.